The van der Waals surface area contributed by atoms with Gasteiger partial charge in [-0.2, -0.15) is 0 Å². The Balaban J connectivity index is 2.31. The molecular weight excluding hydrogens is 224 g/mol. The summed E-state index contributed by atoms with van der Waals surface area (Å²) in [7, 11) is 1.70. The Morgan fingerprint density at radius 3 is 2.67 bits per heavy atom. The molecule has 3 heteroatoms. The van der Waals surface area contributed by atoms with Crippen LogP contribution in [0.15, 0.2) is 24.3 Å². The van der Waals surface area contributed by atoms with Gasteiger partial charge in [0, 0.05) is 0 Å². The quantitative estimate of drug-likeness (QED) is 0.621. The Labute approximate surface area is 110 Å². The Bertz CT molecular complexity index is 386. The topological polar surface area (TPSA) is 47.3 Å². The minimum atomic E-state index is 0.222. The fourth-order valence-electron chi connectivity index (χ4n) is 3.37. The highest BCUT2D eigenvalue weighted by molar-refractivity contribution is 5.31. The molecule has 1 aliphatic carbocycles. The lowest BCUT2D eigenvalue weighted by Gasteiger charge is -2.37. The Kier molecular flexibility index (Phi) is 4.25. The van der Waals surface area contributed by atoms with Crippen molar-refractivity contribution in [2.24, 2.45) is 11.3 Å². The summed E-state index contributed by atoms with van der Waals surface area (Å²) in [4.78, 5) is 0. The smallest absolute Gasteiger partial charge is 0.119 e. The molecule has 1 aromatic rings. The first-order valence-electron chi connectivity index (χ1n) is 6.86. The van der Waals surface area contributed by atoms with Crippen LogP contribution < -0.4 is 16.0 Å². The zero-order valence-corrected chi connectivity index (χ0v) is 11.4. The highest BCUT2D eigenvalue weighted by Gasteiger charge is 2.40. The van der Waals surface area contributed by atoms with E-state index in [-0.39, 0.29) is 6.04 Å². The SMILES string of the molecule is CCC1(C(NN)c2cccc(OC)c2)CCCC1. The van der Waals surface area contributed by atoms with Gasteiger partial charge in [-0.3, -0.25) is 11.3 Å². The van der Waals surface area contributed by atoms with Crippen molar-refractivity contribution >= 4 is 0 Å². The zero-order valence-electron chi connectivity index (χ0n) is 11.4. The molecule has 1 atom stereocenters. The maximum atomic E-state index is 5.85. The normalized spacial score (nSPS) is 19.7. The molecule has 1 fully saturated rings. The predicted octanol–water partition coefficient (Wildman–Crippen LogP) is 3.17. The van der Waals surface area contributed by atoms with Crippen LogP contribution in [0.4, 0.5) is 0 Å². The molecule has 100 valence electrons. The molecule has 0 radical (unpaired) electrons. The molecule has 1 saturated carbocycles. The van der Waals surface area contributed by atoms with Crippen molar-refractivity contribution in [2.45, 2.75) is 45.1 Å². The lowest BCUT2D eigenvalue weighted by atomic mass is 9.73. The number of hydrogen-bond acceptors (Lipinski definition) is 3. The van der Waals surface area contributed by atoms with Crippen molar-refractivity contribution in [3.8, 4) is 5.75 Å². The molecule has 3 nitrogen and oxygen atoms in total. The molecule has 0 amide bonds. The van der Waals surface area contributed by atoms with E-state index in [1.54, 1.807) is 7.11 Å². The summed E-state index contributed by atoms with van der Waals surface area (Å²) >= 11 is 0. The van der Waals surface area contributed by atoms with Crippen LogP contribution in [-0.2, 0) is 0 Å². The Hall–Kier alpha value is -1.06. The number of hydrazine groups is 1. The fraction of sp³-hybridized carbons (Fsp3) is 0.600. The van der Waals surface area contributed by atoms with Crippen LogP contribution in [0, 0.1) is 5.41 Å². The minimum absolute atomic E-state index is 0.222. The summed E-state index contributed by atoms with van der Waals surface area (Å²) in [5.41, 5.74) is 4.59. The van der Waals surface area contributed by atoms with Gasteiger partial charge in [0.2, 0.25) is 0 Å². The third kappa shape index (κ3) is 2.38. The van der Waals surface area contributed by atoms with E-state index >= 15 is 0 Å². The van der Waals surface area contributed by atoms with Crippen LogP contribution in [0.25, 0.3) is 0 Å². The average Bonchev–Trinajstić information content (AvgIpc) is 2.90. The van der Waals surface area contributed by atoms with Crippen LogP contribution >= 0.6 is 0 Å². The number of rotatable bonds is 5. The predicted molar refractivity (Wildman–Crippen MR) is 74.3 cm³/mol. The molecule has 1 unspecified atom stereocenters. The van der Waals surface area contributed by atoms with Crippen molar-refractivity contribution < 1.29 is 4.74 Å². The molecule has 2 rings (SSSR count). The highest BCUT2D eigenvalue weighted by atomic mass is 16.5. The van der Waals surface area contributed by atoms with Crippen LogP contribution in [0.1, 0.15) is 50.6 Å². The zero-order chi connectivity index (χ0) is 13.0. The number of hydrogen-bond donors (Lipinski definition) is 2. The second kappa shape index (κ2) is 5.72. The molecule has 0 bridgehead atoms. The van der Waals surface area contributed by atoms with E-state index < -0.39 is 0 Å². The maximum absolute atomic E-state index is 5.85. The minimum Gasteiger partial charge on any atom is -0.497 e. The van der Waals surface area contributed by atoms with Crippen molar-refractivity contribution in [1.29, 1.82) is 0 Å². The molecule has 0 spiro atoms. The molecule has 1 aliphatic rings. The molecule has 1 aromatic carbocycles. The van der Waals surface area contributed by atoms with E-state index in [0.717, 1.165) is 5.75 Å². The monoisotopic (exact) mass is 248 g/mol. The summed E-state index contributed by atoms with van der Waals surface area (Å²) in [6.45, 7) is 2.27. The molecule has 0 aromatic heterocycles. The Morgan fingerprint density at radius 1 is 1.39 bits per heavy atom. The second-order valence-electron chi connectivity index (χ2n) is 5.30. The van der Waals surface area contributed by atoms with Gasteiger partial charge in [-0.25, -0.2) is 0 Å². The lowest BCUT2D eigenvalue weighted by molar-refractivity contribution is 0.187. The van der Waals surface area contributed by atoms with Crippen molar-refractivity contribution in [3.63, 3.8) is 0 Å². The van der Waals surface area contributed by atoms with Gasteiger partial charge >= 0.3 is 0 Å². The third-order valence-corrected chi connectivity index (χ3v) is 4.51. The van der Waals surface area contributed by atoms with Gasteiger partial charge in [0.1, 0.15) is 5.75 Å². The van der Waals surface area contributed by atoms with Gasteiger partial charge in [0.05, 0.1) is 13.2 Å². The maximum Gasteiger partial charge on any atom is 0.119 e. The van der Waals surface area contributed by atoms with Crippen LogP contribution in [0.3, 0.4) is 0 Å². The summed E-state index contributed by atoms with van der Waals surface area (Å²) in [6, 6.07) is 8.48. The second-order valence-corrected chi connectivity index (χ2v) is 5.30. The van der Waals surface area contributed by atoms with Gasteiger partial charge in [-0.05, 0) is 42.4 Å². The number of nitrogens with one attached hydrogen (secondary N) is 1. The summed E-state index contributed by atoms with van der Waals surface area (Å²) in [5.74, 6) is 6.75. The summed E-state index contributed by atoms with van der Waals surface area (Å²) in [6.07, 6.45) is 6.32. The standard InChI is InChI=1S/C15H24N2O/c1-3-15(9-4-5-10-15)14(17-16)12-7-6-8-13(11-12)18-2/h6-8,11,14,17H,3-5,9-10,16H2,1-2H3. The van der Waals surface area contributed by atoms with Crippen molar-refractivity contribution in [1.82, 2.24) is 5.43 Å². The van der Waals surface area contributed by atoms with E-state index in [1.165, 1.54) is 37.7 Å². The lowest BCUT2D eigenvalue weighted by Crippen LogP contribution is -2.40. The molecule has 18 heavy (non-hydrogen) atoms. The number of methoxy groups -OCH3 is 1. The number of ether oxygens (including phenoxy) is 1. The first-order chi connectivity index (χ1) is 8.75. The van der Waals surface area contributed by atoms with Crippen molar-refractivity contribution in [2.75, 3.05) is 7.11 Å². The van der Waals surface area contributed by atoms with Crippen LogP contribution in [0.5, 0.6) is 5.75 Å². The molecular formula is C15H24N2O. The van der Waals surface area contributed by atoms with E-state index in [0.29, 0.717) is 5.41 Å². The van der Waals surface area contributed by atoms with Gasteiger partial charge in [0.15, 0.2) is 0 Å². The molecule has 3 N–H and O–H groups in total. The van der Waals surface area contributed by atoms with Gasteiger partial charge in [-0.15, -0.1) is 0 Å². The average molecular weight is 248 g/mol. The van der Waals surface area contributed by atoms with Crippen LogP contribution in [-0.4, -0.2) is 7.11 Å². The van der Waals surface area contributed by atoms with Gasteiger partial charge < -0.3 is 4.74 Å². The van der Waals surface area contributed by atoms with E-state index in [9.17, 15) is 0 Å². The Morgan fingerprint density at radius 2 is 2.11 bits per heavy atom. The fourth-order valence-corrected chi connectivity index (χ4v) is 3.37. The summed E-state index contributed by atoms with van der Waals surface area (Å²) in [5, 5.41) is 0. The van der Waals surface area contributed by atoms with Crippen LogP contribution in [0.2, 0.25) is 0 Å². The molecule has 0 heterocycles. The van der Waals surface area contributed by atoms with E-state index in [1.807, 2.05) is 12.1 Å². The van der Waals surface area contributed by atoms with E-state index in [2.05, 4.69) is 24.5 Å². The van der Waals surface area contributed by atoms with Gasteiger partial charge in [-0.1, -0.05) is 31.9 Å². The van der Waals surface area contributed by atoms with Gasteiger partial charge in [0.25, 0.3) is 0 Å². The highest BCUT2D eigenvalue weighted by Crippen LogP contribution is 2.49. The summed E-state index contributed by atoms with van der Waals surface area (Å²) < 4.78 is 5.31. The number of nitrogens with two attached hydrogens (primary N) is 1. The largest absolute Gasteiger partial charge is 0.497 e. The molecule has 0 saturated heterocycles. The third-order valence-electron chi connectivity index (χ3n) is 4.51. The first kappa shape index (κ1) is 13.4. The van der Waals surface area contributed by atoms with Crippen molar-refractivity contribution in [3.05, 3.63) is 29.8 Å². The molecule has 0 aliphatic heterocycles. The van der Waals surface area contributed by atoms with E-state index in [4.69, 9.17) is 10.6 Å². The number of benzene rings is 1. The first-order valence-corrected chi connectivity index (χ1v) is 6.86.